The van der Waals surface area contributed by atoms with Gasteiger partial charge in [-0.15, -0.1) is 0 Å². The number of carbonyl (C=O) groups excluding carboxylic acids is 2. The average Bonchev–Trinajstić information content (AvgIpc) is 3.03. The number of hydrogen-bond donors (Lipinski definition) is 2. The third-order valence-corrected chi connectivity index (χ3v) is 7.92. The summed E-state index contributed by atoms with van der Waals surface area (Å²) in [4.78, 5) is 28.3. The van der Waals surface area contributed by atoms with Gasteiger partial charge >= 0.3 is 12.1 Å². The van der Waals surface area contributed by atoms with Crippen LogP contribution >= 0.6 is 0 Å². The van der Waals surface area contributed by atoms with E-state index in [1.807, 2.05) is 6.92 Å². The van der Waals surface area contributed by atoms with Crippen LogP contribution in [0.1, 0.15) is 29.2 Å². The van der Waals surface area contributed by atoms with Crippen molar-refractivity contribution in [2.75, 3.05) is 19.8 Å². The molecular formula is C31H33F3N4O8S. The fourth-order valence-electron chi connectivity index (χ4n) is 4.14. The Labute approximate surface area is 269 Å². The number of halogens is 3. The van der Waals surface area contributed by atoms with Crippen LogP contribution in [0.4, 0.5) is 13.2 Å². The van der Waals surface area contributed by atoms with E-state index >= 15 is 0 Å². The van der Waals surface area contributed by atoms with Crippen LogP contribution in [0.2, 0.25) is 0 Å². The van der Waals surface area contributed by atoms with E-state index in [2.05, 4.69) is 15.3 Å². The Morgan fingerprint density at radius 3 is 2.13 bits per heavy atom. The first-order valence-electron chi connectivity index (χ1n) is 14.2. The standard InChI is InChI=1S/C31H33F3N4O8S/c1-3-44-30(41)28(17-21-6-10-23(11-7-21)31(32,33)34)36-29(40)27(37-38-35)16-22-8-12-25(13-9-22)45-18-24(39)19-46-47(42,43)26-14-4-20(2)5-15-26/h4-15,24,27-28,39H,3,16-19H2,1-2H3,(H,36,40)/t24?,27-,28-/m0/s1. The number of hydrogen-bond acceptors (Lipinski definition) is 9. The Morgan fingerprint density at radius 2 is 1.55 bits per heavy atom. The first kappa shape index (κ1) is 36.8. The van der Waals surface area contributed by atoms with Crippen LogP contribution in [0, 0.1) is 6.92 Å². The molecule has 0 aromatic heterocycles. The molecule has 0 bridgehead atoms. The van der Waals surface area contributed by atoms with Gasteiger partial charge in [0.1, 0.15) is 30.5 Å². The van der Waals surface area contributed by atoms with Gasteiger partial charge in [-0.2, -0.15) is 21.6 Å². The van der Waals surface area contributed by atoms with Gasteiger partial charge < -0.3 is 19.9 Å². The van der Waals surface area contributed by atoms with Gasteiger partial charge in [-0.25, -0.2) is 4.79 Å². The molecule has 1 unspecified atom stereocenters. The number of esters is 1. The summed E-state index contributed by atoms with van der Waals surface area (Å²) in [5.41, 5.74) is 9.93. The number of carbonyl (C=O) groups is 2. The number of aryl methyl sites for hydroxylation is 1. The third-order valence-electron chi connectivity index (χ3n) is 6.62. The van der Waals surface area contributed by atoms with Crippen molar-refractivity contribution in [2.24, 2.45) is 5.11 Å². The zero-order valence-corrected chi connectivity index (χ0v) is 26.2. The normalized spacial score (nSPS) is 13.5. The fraction of sp³-hybridized carbons (Fsp3) is 0.355. The van der Waals surface area contributed by atoms with Gasteiger partial charge in [0.15, 0.2) is 0 Å². The molecule has 12 nitrogen and oxygen atoms in total. The first-order chi connectivity index (χ1) is 22.2. The van der Waals surface area contributed by atoms with E-state index in [4.69, 9.17) is 19.2 Å². The number of nitrogens with one attached hydrogen (secondary N) is 1. The van der Waals surface area contributed by atoms with Crippen LogP contribution in [0.15, 0.2) is 82.8 Å². The minimum Gasteiger partial charge on any atom is -0.491 e. The van der Waals surface area contributed by atoms with E-state index < -0.39 is 58.5 Å². The van der Waals surface area contributed by atoms with Crippen LogP contribution in [0.3, 0.4) is 0 Å². The largest absolute Gasteiger partial charge is 0.491 e. The summed E-state index contributed by atoms with van der Waals surface area (Å²) in [5.74, 6) is -1.32. The Hall–Kier alpha value is -4.63. The highest BCUT2D eigenvalue weighted by Gasteiger charge is 2.31. The Bertz CT molecular complexity index is 1650. The Balaban J connectivity index is 1.58. The molecule has 252 valence electrons. The number of azide groups is 1. The van der Waals surface area contributed by atoms with Crippen LogP contribution in [-0.2, 0) is 47.6 Å². The lowest BCUT2D eigenvalue weighted by molar-refractivity contribution is -0.147. The lowest BCUT2D eigenvalue weighted by atomic mass is 10.0. The molecule has 3 aromatic carbocycles. The molecule has 16 heteroatoms. The molecular weight excluding hydrogens is 645 g/mol. The van der Waals surface area contributed by atoms with Crippen LogP contribution in [0.25, 0.3) is 10.4 Å². The van der Waals surface area contributed by atoms with E-state index in [9.17, 15) is 36.3 Å². The lowest BCUT2D eigenvalue weighted by Gasteiger charge is -2.20. The second-order valence-electron chi connectivity index (χ2n) is 10.3. The number of amides is 1. The van der Waals surface area contributed by atoms with Gasteiger partial charge in [0.05, 0.1) is 23.7 Å². The van der Waals surface area contributed by atoms with Crippen LogP contribution in [-0.4, -0.2) is 63.4 Å². The molecule has 2 N–H and O–H groups in total. The van der Waals surface area contributed by atoms with Crippen molar-refractivity contribution >= 4 is 22.0 Å². The quantitative estimate of drug-likeness (QED) is 0.0722. The first-order valence-corrected chi connectivity index (χ1v) is 15.7. The second-order valence-corrected chi connectivity index (χ2v) is 11.9. The minimum absolute atomic E-state index is 0.0109. The summed E-state index contributed by atoms with van der Waals surface area (Å²) >= 11 is 0. The molecule has 0 saturated carbocycles. The third kappa shape index (κ3) is 11.6. The van der Waals surface area contributed by atoms with Crippen molar-refractivity contribution < 1.29 is 49.9 Å². The summed E-state index contributed by atoms with van der Waals surface area (Å²) < 4.78 is 78.8. The maximum Gasteiger partial charge on any atom is 0.416 e. The topological polar surface area (TPSA) is 177 Å². The molecule has 47 heavy (non-hydrogen) atoms. The number of ether oxygens (including phenoxy) is 2. The van der Waals surface area contributed by atoms with Crippen molar-refractivity contribution in [3.8, 4) is 5.75 Å². The van der Waals surface area contributed by atoms with Crippen molar-refractivity contribution in [1.82, 2.24) is 5.32 Å². The van der Waals surface area contributed by atoms with E-state index in [1.54, 1.807) is 31.2 Å². The number of alkyl halides is 3. The van der Waals surface area contributed by atoms with Gasteiger partial charge in [0, 0.05) is 11.3 Å². The molecule has 0 heterocycles. The summed E-state index contributed by atoms with van der Waals surface area (Å²) in [6.07, 6.45) is -6.07. The summed E-state index contributed by atoms with van der Waals surface area (Å²) in [6.45, 7) is 2.52. The van der Waals surface area contributed by atoms with Crippen molar-refractivity contribution in [3.05, 3.63) is 105 Å². The minimum atomic E-state index is -4.54. The SMILES string of the molecule is CCOC(=O)[C@H](Cc1ccc(C(F)(F)F)cc1)NC(=O)[C@H](Cc1ccc(OCC(O)COS(=O)(=O)c2ccc(C)cc2)cc1)N=[N+]=[N-]. The number of aliphatic hydroxyl groups is 1. The summed E-state index contributed by atoms with van der Waals surface area (Å²) in [7, 11) is -4.07. The van der Waals surface area contributed by atoms with Gasteiger partial charge in [-0.3, -0.25) is 8.98 Å². The van der Waals surface area contributed by atoms with E-state index in [-0.39, 0.29) is 31.0 Å². The molecule has 0 fully saturated rings. The highest BCUT2D eigenvalue weighted by Crippen LogP contribution is 2.29. The Morgan fingerprint density at radius 1 is 0.957 bits per heavy atom. The number of aliphatic hydroxyl groups excluding tert-OH is 1. The predicted octanol–water partition coefficient (Wildman–Crippen LogP) is 4.67. The maximum atomic E-state index is 13.1. The molecule has 0 aliphatic rings. The molecule has 3 atom stereocenters. The number of rotatable bonds is 16. The van der Waals surface area contributed by atoms with Crippen LogP contribution in [0.5, 0.6) is 5.75 Å². The molecule has 0 aliphatic carbocycles. The summed E-state index contributed by atoms with van der Waals surface area (Å²) in [6, 6.07) is 13.7. The smallest absolute Gasteiger partial charge is 0.416 e. The lowest BCUT2D eigenvalue weighted by Crippen LogP contribution is -2.47. The molecule has 1 amide bonds. The van der Waals surface area contributed by atoms with E-state index in [0.717, 1.165) is 17.7 Å². The zero-order valence-electron chi connectivity index (χ0n) is 25.4. The van der Waals surface area contributed by atoms with E-state index in [0.29, 0.717) is 16.9 Å². The highest BCUT2D eigenvalue weighted by atomic mass is 32.2. The predicted molar refractivity (Wildman–Crippen MR) is 163 cm³/mol. The highest BCUT2D eigenvalue weighted by molar-refractivity contribution is 7.86. The van der Waals surface area contributed by atoms with Gasteiger partial charge in [0.25, 0.3) is 10.1 Å². The average molecular weight is 679 g/mol. The molecule has 0 aliphatic heterocycles. The van der Waals surface area contributed by atoms with Crippen LogP contribution < -0.4 is 10.1 Å². The fourth-order valence-corrected chi connectivity index (χ4v) is 5.09. The molecule has 0 radical (unpaired) electrons. The van der Waals surface area contributed by atoms with Gasteiger partial charge in [-0.05, 0) is 73.3 Å². The number of benzene rings is 3. The van der Waals surface area contributed by atoms with Gasteiger partial charge in [-0.1, -0.05) is 47.1 Å². The second kappa shape index (κ2) is 16.8. The molecule has 3 rings (SSSR count). The monoisotopic (exact) mass is 678 g/mol. The van der Waals surface area contributed by atoms with Crippen molar-refractivity contribution in [1.29, 1.82) is 0 Å². The van der Waals surface area contributed by atoms with E-state index in [1.165, 1.54) is 36.4 Å². The Kier molecular flexibility index (Phi) is 13.2. The summed E-state index contributed by atoms with van der Waals surface area (Å²) in [5, 5.41) is 16.2. The molecule has 3 aromatic rings. The number of nitrogens with zero attached hydrogens (tertiary/aromatic N) is 3. The van der Waals surface area contributed by atoms with Crippen molar-refractivity contribution in [2.45, 2.75) is 55.9 Å². The molecule has 0 spiro atoms. The van der Waals surface area contributed by atoms with Gasteiger partial charge in [0.2, 0.25) is 5.91 Å². The van der Waals surface area contributed by atoms with Crippen molar-refractivity contribution in [3.63, 3.8) is 0 Å². The molecule has 0 saturated heterocycles. The zero-order chi connectivity index (χ0) is 34.6. The maximum absolute atomic E-state index is 13.1.